The van der Waals surface area contributed by atoms with Gasteiger partial charge in [-0.2, -0.15) is 0 Å². The monoisotopic (exact) mass is 283 g/mol. The Morgan fingerprint density at radius 2 is 1.95 bits per heavy atom. The number of aromatic nitrogens is 1. The molecule has 0 spiro atoms. The van der Waals surface area contributed by atoms with Gasteiger partial charge in [-0.3, -0.25) is 4.79 Å². The average molecular weight is 283 g/mol. The van der Waals surface area contributed by atoms with Crippen LogP contribution < -0.4 is 10.6 Å². The van der Waals surface area contributed by atoms with Crippen molar-refractivity contribution in [3.05, 3.63) is 36.0 Å². The highest BCUT2D eigenvalue weighted by atomic mass is 16.1. The van der Waals surface area contributed by atoms with Crippen LogP contribution in [0.3, 0.4) is 0 Å². The first-order valence-corrected chi connectivity index (χ1v) is 7.66. The standard InChI is InChI=1S/C17H21N3O/c1-18-15-11-16(20-14-10-6-5-9-13(14)15)17(21)19-12-7-3-2-4-8-12/h5-6,9-12H,2-4,7-8H2,1H3,(H,18,20)(H,19,21). The summed E-state index contributed by atoms with van der Waals surface area (Å²) in [6, 6.07) is 10.0. The third kappa shape index (κ3) is 2.99. The van der Waals surface area contributed by atoms with Crippen LogP contribution in [0.2, 0.25) is 0 Å². The molecule has 1 aliphatic rings. The molecule has 0 bridgehead atoms. The number of hydrogen-bond donors (Lipinski definition) is 2. The minimum atomic E-state index is -0.0656. The lowest BCUT2D eigenvalue weighted by molar-refractivity contribution is 0.0923. The average Bonchev–Trinajstić information content (AvgIpc) is 2.54. The summed E-state index contributed by atoms with van der Waals surface area (Å²) in [7, 11) is 1.87. The molecule has 1 aromatic heterocycles. The van der Waals surface area contributed by atoms with Crippen molar-refractivity contribution in [1.82, 2.24) is 10.3 Å². The lowest BCUT2D eigenvalue weighted by atomic mass is 9.95. The minimum absolute atomic E-state index is 0.0656. The van der Waals surface area contributed by atoms with Gasteiger partial charge in [-0.1, -0.05) is 37.5 Å². The van der Waals surface area contributed by atoms with Crippen LogP contribution in [-0.4, -0.2) is 24.0 Å². The Hall–Kier alpha value is -2.10. The van der Waals surface area contributed by atoms with Crippen LogP contribution in [-0.2, 0) is 0 Å². The predicted molar refractivity (Wildman–Crippen MR) is 85.6 cm³/mol. The molecule has 110 valence electrons. The van der Waals surface area contributed by atoms with E-state index in [-0.39, 0.29) is 5.91 Å². The SMILES string of the molecule is CNc1cc(C(=O)NC2CCCCC2)nc2ccccc12. The van der Waals surface area contributed by atoms with Gasteiger partial charge in [0.2, 0.25) is 0 Å². The number of nitrogens with zero attached hydrogens (tertiary/aromatic N) is 1. The van der Waals surface area contributed by atoms with Crippen LogP contribution in [0.4, 0.5) is 5.69 Å². The first kappa shape index (κ1) is 13.9. The molecule has 0 unspecified atom stereocenters. The van der Waals surface area contributed by atoms with Gasteiger partial charge in [-0.05, 0) is 25.0 Å². The van der Waals surface area contributed by atoms with E-state index >= 15 is 0 Å². The third-order valence-electron chi connectivity index (χ3n) is 4.16. The Balaban J connectivity index is 1.87. The molecule has 0 saturated heterocycles. The van der Waals surface area contributed by atoms with Gasteiger partial charge >= 0.3 is 0 Å². The van der Waals surface area contributed by atoms with E-state index in [0.717, 1.165) is 29.4 Å². The zero-order valence-electron chi connectivity index (χ0n) is 12.4. The van der Waals surface area contributed by atoms with E-state index in [1.807, 2.05) is 37.4 Å². The molecule has 0 atom stereocenters. The van der Waals surface area contributed by atoms with Gasteiger partial charge in [0, 0.05) is 24.2 Å². The molecular weight excluding hydrogens is 262 g/mol. The highest BCUT2D eigenvalue weighted by molar-refractivity contribution is 5.99. The molecule has 1 aliphatic carbocycles. The first-order chi connectivity index (χ1) is 10.3. The number of pyridine rings is 1. The van der Waals surface area contributed by atoms with Gasteiger partial charge < -0.3 is 10.6 Å². The van der Waals surface area contributed by atoms with Crippen molar-refractivity contribution in [2.24, 2.45) is 0 Å². The quantitative estimate of drug-likeness (QED) is 0.908. The smallest absolute Gasteiger partial charge is 0.270 e. The normalized spacial score (nSPS) is 15.9. The molecule has 21 heavy (non-hydrogen) atoms. The molecule has 1 saturated carbocycles. The van der Waals surface area contributed by atoms with Crippen LogP contribution >= 0.6 is 0 Å². The van der Waals surface area contributed by atoms with Crippen LogP contribution in [0.15, 0.2) is 30.3 Å². The Morgan fingerprint density at radius 1 is 1.19 bits per heavy atom. The molecule has 4 nitrogen and oxygen atoms in total. The summed E-state index contributed by atoms with van der Waals surface area (Å²) in [4.78, 5) is 16.9. The fourth-order valence-corrected chi connectivity index (χ4v) is 3.00. The molecule has 2 N–H and O–H groups in total. The second-order valence-corrected chi connectivity index (χ2v) is 5.63. The molecule has 2 aromatic rings. The summed E-state index contributed by atoms with van der Waals surface area (Å²) >= 11 is 0. The van der Waals surface area contributed by atoms with Gasteiger partial charge in [0.1, 0.15) is 5.69 Å². The van der Waals surface area contributed by atoms with Crippen molar-refractivity contribution in [2.75, 3.05) is 12.4 Å². The van der Waals surface area contributed by atoms with Crippen LogP contribution in [0, 0.1) is 0 Å². The third-order valence-corrected chi connectivity index (χ3v) is 4.16. The van der Waals surface area contributed by atoms with Gasteiger partial charge in [-0.15, -0.1) is 0 Å². The number of anilines is 1. The van der Waals surface area contributed by atoms with E-state index < -0.39 is 0 Å². The summed E-state index contributed by atoms with van der Waals surface area (Å²) in [5.74, 6) is -0.0656. The highest BCUT2D eigenvalue weighted by Crippen LogP contribution is 2.23. The minimum Gasteiger partial charge on any atom is -0.388 e. The van der Waals surface area contributed by atoms with Gasteiger partial charge in [0.25, 0.3) is 5.91 Å². The maximum Gasteiger partial charge on any atom is 0.270 e. The molecule has 0 radical (unpaired) electrons. The van der Waals surface area contributed by atoms with Gasteiger partial charge in [0.05, 0.1) is 5.52 Å². The van der Waals surface area contributed by atoms with Crippen LogP contribution in [0.1, 0.15) is 42.6 Å². The van der Waals surface area contributed by atoms with Crippen molar-refractivity contribution in [2.45, 2.75) is 38.1 Å². The van der Waals surface area contributed by atoms with Crippen molar-refractivity contribution in [3.8, 4) is 0 Å². The molecule has 1 heterocycles. The number of carbonyl (C=O) groups excluding carboxylic acids is 1. The number of amides is 1. The van der Waals surface area contributed by atoms with E-state index in [9.17, 15) is 4.79 Å². The summed E-state index contributed by atoms with van der Waals surface area (Å²) < 4.78 is 0. The predicted octanol–water partition coefficient (Wildman–Crippen LogP) is 3.34. The zero-order chi connectivity index (χ0) is 14.7. The molecule has 1 fully saturated rings. The van der Waals surface area contributed by atoms with Crippen molar-refractivity contribution >= 4 is 22.5 Å². The molecule has 1 aromatic carbocycles. The number of nitrogens with one attached hydrogen (secondary N) is 2. The number of fused-ring (bicyclic) bond motifs is 1. The lowest BCUT2D eigenvalue weighted by Gasteiger charge is -2.22. The summed E-state index contributed by atoms with van der Waals surface area (Å²) in [5.41, 5.74) is 2.27. The lowest BCUT2D eigenvalue weighted by Crippen LogP contribution is -2.36. The molecule has 3 rings (SSSR count). The second kappa shape index (κ2) is 6.12. The Labute approximate surface area is 125 Å². The summed E-state index contributed by atoms with van der Waals surface area (Å²) in [6.45, 7) is 0. The Kier molecular flexibility index (Phi) is 4.04. The fourth-order valence-electron chi connectivity index (χ4n) is 3.00. The molecule has 1 amide bonds. The van der Waals surface area contributed by atoms with E-state index in [4.69, 9.17) is 0 Å². The first-order valence-electron chi connectivity index (χ1n) is 7.66. The molecule has 4 heteroatoms. The van der Waals surface area contributed by atoms with E-state index in [0.29, 0.717) is 11.7 Å². The van der Waals surface area contributed by atoms with Gasteiger partial charge in [0.15, 0.2) is 0 Å². The fraction of sp³-hybridized carbons (Fsp3) is 0.412. The largest absolute Gasteiger partial charge is 0.388 e. The van der Waals surface area contributed by atoms with Crippen LogP contribution in [0.25, 0.3) is 10.9 Å². The molecular formula is C17H21N3O. The summed E-state index contributed by atoms with van der Waals surface area (Å²) in [6.07, 6.45) is 5.86. The Morgan fingerprint density at radius 3 is 2.71 bits per heavy atom. The number of para-hydroxylation sites is 1. The maximum atomic E-state index is 12.4. The van der Waals surface area contributed by atoms with E-state index in [2.05, 4.69) is 15.6 Å². The van der Waals surface area contributed by atoms with E-state index in [1.54, 1.807) is 0 Å². The number of rotatable bonds is 3. The van der Waals surface area contributed by atoms with Crippen molar-refractivity contribution < 1.29 is 4.79 Å². The number of carbonyl (C=O) groups is 1. The van der Waals surface area contributed by atoms with E-state index in [1.165, 1.54) is 19.3 Å². The van der Waals surface area contributed by atoms with Crippen molar-refractivity contribution in [3.63, 3.8) is 0 Å². The Bertz CT molecular complexity index is 648. The zero-order valence-corrected chi connectivity index (χ0v) is 12.4. The maximum absolute atomic E-state index is 12.4. The number of hydrogen-bond acceptors (Lipinski definition) is 3. The van der Waals surface area contributed by atoms with Crippen molar-refractivity contribution in [1.29, 1.82) is 0 Å². The summed E-state index contributed by atoms with van der Waals surface area (Å²) in [5, 5.41) is 7.31. The van der Waals surface area contributed by atoms with Gasteiger partial charge in [-0.25, -0.2) is 4.98 Å². The second-order valence-electron chi connectivity index (χ2n) is 5.63. The topological polar surface area (TPSA) is 54.0 Å². The van der Waals surface area contributed by atoms with Crippen LogP contribution in [0.5, 0.6) is 0 Å². The number of benzene rings is 1. The molecule has 0 aliphatic heterocycles. The highest BCUT2D eigenvalue weighted by Gasteiger charge is 2.18.